The van der Waals surface area contributed by atoms with Crippen LogP contribution in [0.15, 0.2) is 41.3 Å². The van der Waals surface area contributed by atoms with E-state index in [1.807, 2.05) is 13.8 Å². The number of amides is 1. The third-order valence-corrected chi connectivity index (χ3v) is 7.48. The maximum atomic E-state index is 12.8. The molecule has 0 unspecified atom stereocenters. The molecule has 8 nitrogen and oxygen atoms in total. The van der Waals surface area contributed by atoms with Gasteiger partial charge in [0, 0.05) is 28.2 Å². The average Bonchev–Trinajstić information content (AvgIpc) is 3.23. The zero-order valence-corrected chi connectivity index (χ0v) is 18.7. The van der Waals surface area contributed by atoms with E-state index in [1.54, 1.807) is 36.4 Å². The first kappa shape index (κ1) is 21.2. The fourth-order valence-electron chi connectivity index (χ4n) is 4.56. The number of aromatic amines is 1. The second-order valence-corrected chi connectivity index (χ2v) is 9.63. The van der Waals surface area contributed by atoms with Crippen molar-refractivity contribution in [2.75, 3.05) is 11.9 Å². The number of carboxylic acids is 1. The van der Waals surface area contributed by atoms with Gasteiger partial charge in [-0.15, -0.1) is 0 Å². The number of rotatable bonds is 3. The number of H-pyrrole nitrogens is 1. The lowest BCUT2D eigenvalue weighted by atomic mass is 9.96. The third kappa shape index (κ3) is 3.37. The summed E-state index contributed by atoms with van der Waals surface area (Å²) in [6, 6.07) is 9.66. The van der Waals surface area contributed by atoms with Gasteiger partial charge in [0.05, 0.1) is 22.6 Å². The van der Waals surface area contributed by atoms with Crippen molar-refractivity contribution < 1.29 is 27.3 Å². The molecule has 0 radical (unpaired) electrons. The van der Waals surface area contributed by atoms with E-state index >= 15 is 0 Å². The van der Waals surface area contributed by atoms with Crippen molar-refractivity contribution in [3.63, 3.8) is 0 Å². The van der Waals surface area contributed by atoms with E-state index in [1.165, 1.54) is 6.07 Å². The summed E-state index contributed by atoms with van der Waals surface area (Å²) in [7, 11) is -3.85. The number of aromatic carboxylic acids is 1. The summed E-state index contributed by atoms with van der Waals surface area (Å²) in [4.78, 5) is 27.4. The molecule has 2 aliphatic heterocycles. The van der Waals surface area contributed by atoms with E-state index in [0.717, 1.165) is 28.1 Å². The van der Waals surface area contributed by atoms with Crippen LogP contribution in [0.1, 0.15) is 38.4 Å². The van der Waals surface area contributed by atoms with Crippen LogP contribution in [0.5, 0.6) is 0 Å². The van der Waals surface area contributed by atoms with Crippen molar-refractivity contribution in [3.8, 4) is 11.1 Å². The molecule has 0 saturated heterocycles. The highest BCUT2D eigenvalue weighted by Gasteiger charge is 2.34. The Kier molecular flexibility index (Phi) is 4.77. The molecule has 0 fully saturated rings. The summed E-state index contributed by atoms with van der Waals surface area (Å²) in [5.74, 6) is -1.29. The van der Waals surface area contributed by atoms with Gasteiger partial charge in [-0.3, -0.25) is 8.98 Å². The van der Waals surface area contributed by atoms with Crippen molar-refractivity contribution in [3.05, 3.63) is 70.0 Å². The molecule has 1 amide bonds. The third-order valence-electron chi connectivity index (χ3n) is 6.08. The molecule has 3 heterocycles. The molecule has 0 aliphatic carbocycles. The number of hydrogen-bond donors (Lipinski definition) is 3. The van der Waals surface area contributed by atoms with Crippen LogP contribution >= 0.6 is 0 Å². The number of carbonyl (C=O) groups excluding carboxylic acids is 1. The summed E-state index contributed by atoms with van der Waals surface area (Å²) >= 11 is 0. The lowest BCUT2D eigenvalue weighted by Crippen LogP contribution is -2.19. The van der Waals surface area contributed by atoms with Gasteiger partial charge >= 0.3 is 5.97 Å². The maximum Gasteiger partial charge on any atom is 0.335 e. The highest BCUT2D eigenvalue weighted by Crippen LogP contribution is 2.41. The molecule has 3 aromatic rings. The summed E-state index contributed by atoms with van der Waals surface area (Å²) < 4.78 is 29.7. The first-order valence-electron chi connectivity index (χ1n) is 10.3. The summed E-state index contributed by atoms with van der Waals surface area (Å²) in [6.07, 6.45) is 2.12. The molecule has 3 N–H and O–H groups in total. The molecular weight excluding hydrogens is 444 g/mol. The maximum absolute atomic E-state index is 12.8. The Morgan fingerprint density at radius 1 is 1.09 bits per heavy atom. The Labute approximate surface area is 190 Å². The normalized spacial score (nSPS) is 17.5. The van der Waals surface area contributed by atoms with Gasteiger partial charge in [0.25, 0.3) is 16.0 Å². The van der Waals surface area contributed by atoms with Crippen molar-refractivity contribution in [1.29, 1.82) is 0 Å². The zero-order chi connectivity index (χ0) is 23.5. The number of fused-ring (bicyclic) bond motifs is 3. The predicted octanol–water partition coefficient (Wildman–Crippen LogP) is 3.75. The topological polar surface area (TPSA) is 126 Å². The van der Waals surface area contributed by atoms with Gasteiger partial charge in [-0.2, -0.15) is 8.42 Å². The van der Waals surface area contributed by atoms with Gasteiger partial charge in [0.15, 0.2) is 0 Å². The van der Waals surface area contributed by atoms with Crippen LogP contribution in [0.3, 0.4) is 0 Å². The first-order chi connectivity index (χ1) is 15.7. The molecule has 9 heteroatoms. The van der Waals surface area contributed by atoms with E-state index in [9.17, 15) is 18.0 Å². The van der Waals surface area contributed by atoms with Gasteiger partial charge in [-0.1, -0.05) is 12.1 Å². The molecule has 33 heavy (non-hydrogen) atoms. The molecule has 0 bridgehead atoms. The van der Waals surface area contributed by atoms with Gasteiger partial charge in [-0.05, 0) is 67.3 Å². The molecule has 0 saturated carbocycles. The molecule has 5 rings (SSSR count). The monoisotopic (exact) mass is 464 g/mol. The summed E-state index contributed by atoms with van der Waals surface area (Å²) in [5.41, 5.74) is 6.58. The van der Waals surface area contributed by atoms with Crippen LogP contribution in [0.2, 0.25) is 0 Å². The van der Waals surface area contributed by atoms with Crippen LogP contribution in [-0.2, 0) is 25.5 Å². The smallest absolute Gasteiger partial charge is 0.335 e. The first-order valence-corrected chi connectivity index (χ1v) is 11.7. The fraction of sp³-hybridized carbons (Fsp3) is 0.167. The number of aryl methyl sites for hydroxylation is 1. The average molecular weight is 464 g/mol. The van der Waals surface area contributed by atoms with E-state index < -0.39 is 16.1 Å². The van der Waals surface area contributed by atoms with Crippen molar-refractivity contribution >= 4 is 39.3 Å². The Morgan fingerprint density at radius 2 is 1.82 bits per heavy atom. The molecule has 0 spiro atoms. The van der Waals surface area contributed by atoms with E-state index in [-0.39, 0.29) is 23.0 Å². The molecular formula is C24H20N2O6S. The summed E-state index contributed by atoms with van der Waals surface area (Å²) in [5, 5.41) is 12.0. The SMILES string of the molecule is Cc1[nH]c(/C=C2\C(=O)Nc3ccc4c(c32)CCOS4(=O)=O)c(C)c1-c1ccc(C(=O)O)cc1. The number of aromatic nitrogens is 1. The van der Waals surface area contributed by atoms with Crippen LogP contribution in [0.25, 0.3) is 22.8 Å². The molecule has 0 atom stereocenters. The fourth-order valence-corrected chi connectivity index (χ4v) is 5.73. The predicted molar refractivity (Wildman–Crippen MR) is 122 cm³/mol. The standard InChI is InChI=1S/C24H20N2O6S/c1-12-19(25-13(2)21(12)14-3-5-15(6-4-14)24(28)29)11-17-22-16-9-10-32-33(30,31)20(16)8-7-18(22)26-23(17)27/h3-8,11,25H,9-10H2,1-2H3,(H,26,27)(H,28,29)/b17-11-. The lowest BCUT2D eigenvalue weighted by Gasteiger charge is -2.19. The second-order valence-electron chi connectivity index (χ2n) is 8.05. The minimum absolute atomic E-state index is 0.0321. The lowest BCUT2D eigenvalue weighted by molar-refractivity contribution is -0.110. The van der Waals surface area contributed by atoms with Crippen molar-refractivity contribution in [2.24, 2.45) is 0 Å². The number of carbonyl (C=O) groups is 2. The Morgan fingerprint density at radius 3 is 2.52 bits per heavy atom. The second kappa shape index (κ2) is 7.43. The minimum Gasteiger partial charge on any atom is -0.478 e. The number of hydrogen-bond acceptors (Lipinski definition) is 5. The quantitative estimate of drug-likeness (QED) is 0.400. The molecule has 2 aromatic carbocycles. The number of nitrogens with one attached hydrogen (secondary N) is 2. The van der Waals surface area contributed by atoms with Gasteiger partial charge in [0.2, 0.25) is 0 Å². The van der Waals surface area contributed by atoms with Crippen LogP contribution < -0.4 is 5.32 Å². The van der Waals surface area contributed by atoms with Gasteiger partial charge < -0.3 is 15.4 Å². The van der Waals surface area contributed by atoms with Crippen LogP contribution in [0.4, 0.5) is 5.69 Å². The molecule has 2 aliphatic rings. The van der Waals surface area contributed by atoms with Crippen molar-refractivity contribution in [2.45, 2.75) is 25.2 Å². The van der Waals surface area contributed by atoms with Gasteiger partial charge in [-0.25, -0.2) is 4.79 Å². The van der Waals surface area contributed by atoms with Crippen molar-refractivity contribution in [1.82, 2.24) is 4.98 Å². The summed E-state index contributed by atoms with van der Waals surface area (Å²) in [6.45, 7) is 3.86. The largest absolute Gasteiger partial charge is 0.478 e. The Hall–Kier alpha value is -3.69. The highest BCUT2D eigenvalue weighted by molar-refractivity contribution is 7.86. The van der Waals surface area contributed by atoms with Crippen LogP contribution in [-0.4, -0.2) is 37.0 Å². The highest BCUT2D eigenvalue weighted by atomic mass is 32.2. The molecule has 168 valence electrons. The van der Waals surface area contributed by atoms with E-state index in [2.05, 4.69) is 10.3 Å². The Bertz CT molecular complexity index is 1480. The van der Waals surface area contributed by atoms with E-state index in [4.69, 9.17) is 9.29 Å². The number of anilines is 1. The Balaban J connectivity index is 1.63. The molecule has 1 aromatic heterocycles. The number of benzene rings is 2. The van der Waals surface area contributed by atoms with Crippen LogP contribution in [0, 0.1) is 13.8 Å². The number of carboxylic acid groups (broad SMARTS) is 1. The minimum atomic E-state index is -3.85. The van der Waals surface area contributed by atoms with E-state index in [0.29, 0.717) is 28.8 Å². The zero-order valence-electron chi connectivity index (χ0n) is 17.9. The van der Waals surface area contributed by atoms with Gasteiger partial charge in [0.1, 0.15) is 0 Å².